The Bertz CT molecular complexity index is 750. The molecule has 0 radical (unpaired) electrons. The van der Waals surface area contributed by atoms with Crippen LogP contribution in [0, 0.1) is 34.5 Å². The lowest BCUT2D eigenvalue weighted by molar-refractivity contribution is 0.0327. The predicted octanol–water partition coefficient (Wildman–Crippen LogP) is 8.01. The summed E-state index contributed by atoms with van der Waals surface area (Å²) in [5, 5.41) is 10.2. The fourth-order valence-corrected chi connectivity index (χ4v) is 8.34. The topological polar surface area (TPSA) is 20.2 Å². The lowest BCUT2D eigenvalue weighted by Crippen LogP contribution is -2.46. The predicted molar refractivity (Wildman–Crippen MR) is 128 cm³/mol. The third-order valence-electron chi connectivity index (χ3n) is 10.3. The number of allylic oxidation sites excluding steroid dienone is 5. The van der Waals surface area contributed by atoms with E-state index in [2.05, 4.69) is 53.7 Å². The van der Waals surface area contributed by atoms with Crippen molar-refractivity contribution in [3.05, 3.63) is 34.4 Å². The van der Waals surface area contributed by atoms with E-state index in [1.54, 1.807) is 16.7 Å². The molecule has 3 saturated carbocycles. The molecule has 4 aliphatic rings. The van der Waals surface area contributed by atoms with Crippen molar-refractivity contribution in [3.8, 4) is 0 Å². The lowest BCUT2D eigenvalue weighted by atomic mass is 9.50. The Morgan fingerprint density at radius 2 is 1.83 bits per heavy atom. The molecule has 4 rings (SSSR count). The van der Waals surface area contributed by atoms with Gasteiger partial charge in [-0.2, -0.15) is 0 Å². The van der Waals surface area contributed by atoms with Gasteiger partial charge in [-0.05, 0) is 113 Å². The van der Waals surface area contributed by atoms with Crippen LogP contribution in [0.15, 0.2) is 34.4 Å². The summed E-state index contributed by atoms with van der Waals surface area (Å²) in [5.41, 5.74) is 7.37. The summed E-state index contributed by atoms with van der Waals surface area (Å²) in [6, 6.07) is 0. The Balaban J connectivity index is 1.53. The minimum absolute atomic E-state index is 0.112. The van der Waals surface area contributed by atoms with E-state index in [4.69, 9.17) is 0 Å². The van der Waals surface area contributed by atoms with Crippen molar-refractivity contribution < 1.29 is 5.11 Å². The maximum Gasteiger partial charge on any atom is 0.0578 e. The van der Waals surface area contributed by atoms with E-state index in [9.17, 15) is 5.11 Å². The molecular weight excluding hydrogens is 364 g/mol. The van der Waals surface area contributed by atoms with Crippen molar-refractivity contribution >= 4 is 0 Å². The summed E-state index contributed by atoms with van der Waals surface area (Å²) in [7, 11) is 0. The van der Waals surface area contributed by atoms with Gasteiger partial charge in [0, 0.05) is 0 Å². The zero-order valence-corrected chi connectivity index (χ0v) is 20.6. The molecule has 0 aliphatic heterocycles. The van der Waals surface area contributed by atoms with E-state index in [1.165, 1.54) is 56.9 Å². The van der Waals surface area contributed by atoms with Gasteiger partial charge in [0.05, 0.1) is 6.10 Å². The Morgan fingerprint density at radius 3 is 2.53 bits per heavy atom. The van der Waals surface area contributed by atoms with E-state index in [-0.39, 0.29) is 6.10 Å². The molecule has 30 heavy (non-hydrogen) atoms. The number of aliphatic hydroxyl groups is 1. The minimum Gasteiger partial charge on any atom is -0.393 e. The van der Waals surface area contributed by atoms with Gasteiger partial charge in [0.15, 0.2) is 0 Å². The smallest absolute Gasteiger partial charge is 0.0578 e. The Hall–Kier alpha value is -0.820. The Kier molecular flexibility index (Phi) is 6.17. The lowest BCUT2D eigenvalue weighted by Gasteiger charge is -2.55. The molecule has 0 aromatic carbocycles. The van der Waals surface area contributed by atoms with Gasteiger partial charge in [-0.3, -0.25) is 0 Å². The summed E-state index contributed by atoms with van der Waals surface area (Å²) >= 11 is 0. The second-order valence-electron chi connectivity index (χ2n) is 12.0. The van der Waals surface area contributed by atoms with E-state index in [1.807, 2.05) is 0 Å². The van der Waals surface area contributed by atoms with Crippen molar-refractivity contribution in [2.75, 3.05) is 0 Å². The molecule has 7 unspecified atom stereocenters. The monoisotopic (exact) mass is 410 g/mol. The average Bonchev–Trinajstić information content (AvgIpc) is 3.06. The fourth-order valence-electron chi connectivity index (χ4n) is 8.34. The average molecular weight is 411 g/mol. The molecule has 0 spiro atoms. The second-order valence-corrected chi connectivity index (χ2v) is 12.0. The van der Waals surface area contributed by atoms with Gasteiger partial charge in [0.2, 0.25) is 0 Å². The normalized spacial score (nSPS) is 41.2. The first-order valence-corrected chi connectivity index (χ1v) is 12.9. The van der Waals surface area contributed by atoms with Gasteiger partial charge in [-0.1, -0.05) is 62.1 Å². The van der Waals surface area contributed by atoms with Crippen LogP contribution in [0.25, 0.3) is 0 Å². The van der Waals surface area contributed by atoms with Crippen LogP contribution in [0.3, 0.4) is 0 Å². The van der Waals surface area contributed by atoms with Gasteiger partial charge in [0.25, 0.3) is 0 Å². The van der Waals surface area contributed by atoms with Crippen LogP contribution < -0.4 is 0 Å². The van der Waals surface area contributed by atoms with E-state index < -0.39 is 0 Å². The van der Waals surface area contributed by atoms with E-state index in [0.29, 0.717) is 10.8 Å². The van der Waals surface area contributed by atoms with Crippen molar-refractivity contribution in [1.29, 1.82) is 0 Å². The molecule has 3 fully saturated rings. The third-order valence-corrected chi connectivity index (χ3v) is 10.3. The van der Waals surface area contributed by atoms with Crippen LogP contribution in [0.4, 0.5) is 0 Å². The summed E-state index contributed by atoms with van der Waals surface area (Å²) in [6.07, 6.45) is 17.4. The first-order valence-electron chi connectivity index (χ1n) is 12.9. The number of hydrogen-bond acceptors (Lipinski definition) is 1. The van der Waals surface area contributed by atoms with Crippen LogP contribution in [-0.4, -0.2) is 11.2 Å². The van der Waals surface area contributed by atoms with Crippen LogP contribution in [-0.2, 0) is 0 Å². The molecule has 0 amide bonds. The van der Waals surface area contributed by atoms with Gasteiger partial charge in [0.1, 0.15) is 0 Å². The zero-order chi connectivity index (χ0) is 21.7. The van der Waals surface area contributed by atoms with Crippen molar-refractivity contribution in [3.63, 3.8) is 0 Å². The Labute approximate surface area is 186 Å². The van der Waals surface area contributed by atoms with Gasteiger partial charge >= 0.3 is 0 Å². The summed E-state index contributed by atoms with van der Waals surface area (Å²) in [4.78, 5) is 0. The summed E-state index contributed by atoms with van der Waals surface area (Å²) < 4.78 is 0. The standard InChI is InChI=1S/C29H46O/c1-7-21(19(2)3)9-8-20(4)25-12-13-26-24-11-10-22-18-23(30)14-16-28(22,5)27(24)15-17-29(25,26)6/h10-11,20,23,25-27,30H,7-9,12-18H2,1-6H3. The van der Waals surface area contributed by atoms with Crippen molar-refractivity contribution in [2.45, 2.75) is 112 Å². The maximum absolute atomic E-state index is 10.2. The number of rotatable bonds is 5. The molecule has 1 N–H and O–H groups in total. The van der Waals surface area contributed by atoms with Gasteiger partial charge < -0.3 is 5.11 Å². The first-order chi connectivity index (χ1) is 14.2. The van der Waals surface area contributed by atoms with Crippen LogP contribution in [0.5, 0.6) is 0 Å². The largest absolute Gasteiger partial charge is 0.393 e. The molecule has 1 nitrogen and oxygen atoms in total. The molecule has 0 saturated heterocycles. The molecule has 0 heterocycles. The second kappa shape index (κ2) is 8.27. The highest BCUT2D eigenvalue weighted by Gasteiger charge is 2.56. The number of hydrogen-bond donors (Lipinski definition) is 1. The van der Waals surface area contributed by atoms with Crippen LogP contribution in [0.1, 0.15) is 106 Å². The number of fused-ring (bicyclic) bond motifs is 5. The first kappa shape index (κ1) is 22.4. The Morgan fingerprint density at radius 1 is 1.07 bits per heavy atom. The fraction of sp³-hybridized carbons (Fsp3) is 0.793. The molecular formula is C29H46O. The van der Waals surface area contributed by atoms with E-state index in [0.717, 1.165) is 36.5 Å². The quantitative estimate of drug-likeness (QED) is 0.455. The van der Waals surface area contributed by atoms with Gasteiger partial charge in [-0.15, -0.1) is 0 Å². The van der Waals surface area contributed by atoms with E-state index >= 15 is 0 Å². The minimum atomic E-state index is -0.112. The molecule has 0 aromatic heterocycles. The maximum atomic E-state index is 10.2. The highest BCUT2D eigenvalue weighted by molar-refractivity contribution is 5.38. The molecule has 168 valence electrons. The molecule has 1 heteroatoms. The van der Waals surface area contributed by atoms with Crippen LogP contribution in [0.2, 0.25) is 0 Å². The highest BCUT2D eigenvalue weighted by Crippen LogP contribution is 2.66. The van der Waals surface area contributed by atoms with Crippen LogP contribution >= 0.6 is 0 Å². The van der Waals surface area contributed by atoms with Crippen molar-refractivity contribution in [1.82, 2.24) is 0 Å². The molecule has 4 aliphatic carbocycles. The van der Waals surface area contributed by atoms with Crippen molar-refractivity contribution in [2.24, 2.45) is 34.5 Å². The molecule has 0 bridgehead atoms. The molecule has 0 aromatic rings. The zero-order valence-electron chi connectivity index (χ0n) is 20.6. The SMILES string of the molecule is CCC(CCC(C)C1CCC2C3=CC=C4CC(O)CCC4(C)C3CCC21C)=C(C)C. The molecule has 7 atom stereocenters. The third kappa shape index (κ3) is 3.58. The summed E-state index contributed by atoms with van der Waals surface area (Å²) in [5.74, 6) is 3.23. The summed E-state index contributed by atoms with van der Waals surface area (Å²) in [6.45, 7) is 14.6. The number of aliphatic hydroxyl groups excluding tert-OH is 1. The highest BCUT2D eigenvalue weighted by atomic mass is 16.3. The van der Waals surface area contributed by atoms with Gasteiger partial charge in [-0.25, -0.2) is 0 Å².